The summed E-state index contributed by atoms with van der Waals surface area (Å²) >= 11 is 0. The number of nitrogens with two attached hydrogens (primary N) is 1. The zero-order valence-electron chi connectivity index (χ0n) is 9.48. The minimum absolute atomic E-state index is 0.0454. The van der Waals surface area contributed by atoms with Gasteiger partial charge in [0.15, 0.2) is 17.3 Å². The largest absolute Gasteiger partial charge is 0.494 e. The van der Waals surface area contributed by atoms with Crippen molar-refractivity contribution in [3.8, 4) is 17.2 Å². The molecule has 1 aromatic carbocycles. The van der Waals surface area contributed by atoms with Crippen LogP contribution in [-0.4, -0.2) is 16.9 Å². The number of rotatable bonds is 3. The molecule has 0 fully saturated rings. The van der Waals surface area contributed by atoms with E-state index in [2.05, 4.69) is 5.10 Å². The van der Waals surface area contributed by atoms with Crippen LogP contribution in [0.5, 0.6) is 17.2 Å². The average Bonchev–Trinajstić information content (AvgIpc) is 2.68. The Morgan fingerprint density at radius 3 is 2.71 bits per heavy atom. The van der Waals surface area contributed by atoms with Gasteiger partial charge in [-0.1, -0.05) is 0 Å². The van der Waals surface area contributed by atoms with E-state index in [1.165, 1.54) is 19.4 Å². The van der Waals surface area contributed by atoms with E-state index in [0.29, 0.717) is 11.5 Å². The number of hydrogen-bond donors (Lipinski definition) is 1. The number of nitrogen functional groups attached to an aromatic ring is 1. The molecule has 5 nitrogen and oxygen atoms in total. The highest BCUT2D eigenvalue weighted by Gasteiger charge is 2.11. The number of aromatic nitrogens is 2. The Hall–Kier alpha value is -2.24. The van der Waals surface area contributed by atoms with Gasteiger partial charge in [-0.3, -0.25) is 4.68 Å². The van der Waals surface area contributed by atoms with Gasteiger partial charge in [-0.15, -0.1) is 0 Å². The van der Waals surface area contributed by atoms with E-state index in [9.17, 15) is 4.39 Å². The van der Waals surface area contributed by atoms with Crippen LogP contribution in [0.1, 0.15) is 0 Å². The Balaban J connectivity index is 2.32. The highest BCUT2D eigenvalue weighted by atomic mass is 19.1. The average molecular weight is 237 g/mol. The molecule has 0 saturated heterocycles. The van der Waals surface area contributed by atoms with Crippen molar-refractivity contribution in [1.82, 2.24) is 9.78 Å². The second-order valence-corrected chi connectivity index (χ2v) is 3.48. The predicted molar refractivity (Wildman–Crippen MR) is 60.6 cm³/mol. The third-order valence-electron chi connectivity index (χ3n) is 2.19. The zero-order chi connectivity index (χ0) is 12.4. The molecule has 2 rings (SSSR count). The fourth-order valence-corrected chi connectivity index (χ4v) is 1.38. The van der Waals surface area contributed by atoms with Gasteiger partial charge >= 0.3 is 0 Å². The van der Waals surface area contributed by atoms with Gasteiger partial charge in [-0.2, -0.15) is 5.10 Å². The van der Waals surface area contributed by atoms with Crippen LogP contribution in [0, 0.1) is 5.82 Å². The van der Waals surface area contributed by atoms with Crippen LogP contribution in [0.4, 0.5) is 10.1 Å². The maximum Gasteiger partial charge on any atom is 0.168 e. The molecule has 0 bridgehead atoms. The van der Waals surface area contributed by atoms with Gasteiger partial charge in [0.05, 0.1) is 25.2 Å². The maximum atomic E-state index is 13.6. The van der Waals surface area contributed by atoms with Crippen molar-refractivity contribution in [1.29, 1.82) is 0 Å². The van der Waals surface area contributed by atoms with E-state index in [0.717, 1.165) is 6.07 Å². The number of halogens is 1. The Labute approximate surface area is 97.6 Å². The standard InChI is InChI=1S/C11H12FN3O2/c1-15-6-7(5-14-15)17-10-4-11(16-2)9(13)3-8(10)12/h3-6H,13H2,1-2H3. The topological polar surface area (TPSA) is 62.3 Å². The first-order valence-electron chi connectivity index (χ1n) is 4.89. The van der Waals surface area contributed by atoms with Gasteiger partial charge in [0.2, 0.25) is 0 Å². The second kappa shape index (κ2) is 4.32. The smallest absolute Gasteiger partial charge is 0.168 e. The molecule has 90 valence electrons. The fraction of sp³-hybridized carbons (Fsp3) is 0.182. The van der Waals surface area contributed by atoms with Crippen LogP contribution >= 0.6 is 0 Å². The van der Waals surface area contributed by atoms with E-state index in [1.807, 2.05) is 0 Å². The van der Waals surface area contributed by atoms with Crippen molar-refractivity contribution >= 4 is 5.69 Å². The van der Waals surface area contributed by atoms with Gasteiger partial charge in [0, 0.05) is 19.2 Å². The minimum atomic E-state index is -0.549. The Kier molecular flexibility index (Phi) is 2.86. The number of benzene rings is 1. The van der Waals surface area contributed by atoms with Crippen molar-refractivity contribution in [2.45, 2.75) is 0 Å². The molecule has 1 aromatic heterocycles. The number of anilines is 1. The van der Waals surface area contributed by atoms with E-state index in [1.54, 1.807) is 17.9 Å². The van der Waals surface area contributed by atoms with E-state index < -0.39 is 5.82 Å². The first kappa shape index (κ1) is 11.3. The van der Waals surface area contributed by atoms with Gasteiger partial charge in [0.1, 0.15) is 5.75 Å². The molecule has 0 spiro atoms. The Morgan fingerprint density at radius 1 is 1.35 bits per heavy atom. The summed E-state index contributed by atoms with van der Waals surface area (Å²) in [7, 11) is 3.20. The van der Waals surface area contributed by atoms with Gasteiger partial charge in [-0.05, 0) is 0 Å². The molecule has 17 heavy (non-hydrogen) atoms. The maximum absolute atomic E-state index is 13.6. The lowest BCUT2D eigenvalue weighted by atomic mass is 10.2. The number of aryl methyl sites for hydroxylation is 1. The van der Waals surface area contributed by atoms with Crippen molar-refractivity contribution in [2.75, 3.05) is 12.8 Å². The first-order valence-corrected chi connectivity index (χ1v) is 4.89. The summed E-state index contributed by atoms with van der Waals surface area (Å²) in [4.78, 5) is 0. The Morgan fingerprint density at radius 2 is 2.12 bits per heavy atom. The van der Waals surface area contributed by atoms with Crippen molar-refractivity contribution in [3.63, 3.8) is 0 Å². The molecule has 6 heteroatoms. The monoisotopic (exact) mass is 237 g/mol. The highest BCUT2D eigenvalue weighted by molar-refractivity contribution is 5.56. The Bertz CT molecular complexity index is 540. The molecule has 0 atom stereocenters. The molecule has 0 unspecified atom stereocenters. The SMILES string of the molecule is COc1cc(Oc2cnn(C)c2)c(F)cc1N. The first-order chi connectivity index (χ1) is 8.10. The lowest BCUT2D eigenvalue weighted by Gasteiger charge is -2.09. The molecule has 2 N–H and O–H groups in total. The van der Waals surface area contributed by atoms with E-state index in [-0.39, 0.29) is 11.4 Å². The highest BCUT2D eigenvalue weighted by Crippen LogP contribution is 2.32. The van der Waals surface area contributed by atoms with E-state index >= 15 is 0 Å². The van der Waals surface area contributed by atoms with Gasteiger partial charge < -0.3 is 15.2 Å². The number of ether oxygens (including phenoxy) is 2. The van der Waals surface area contributed by atoms with Crippen LogP contribution in [0.3, 0.4) is 0 Å². The molecule has 0 aliphatic heterocycles. The summed E-state index contributed by atoms with van der Waals surface area (Å²) in [6, 6.07) is 2.56. The molecule has 1 heterocycles. The van der Waals surface area contributed by atoms with Gasteiger partial charge in [0.25, 0.3) is 0 Å². The molecule has 0 saturated carbocycles. The summed E-state index contributed by atoms with van der Waals surface area (Å²) in [6.45, 7) is 0. The molecule has 2 aromatic rings. The third kappa shape index (κ3) is 2.30. The van der Waals surface area contributed by atoms with Crippen LogP contribution in [0.25, 0.3) is 0 Å². The van der Waals surface area contributed by atoms with E-state index in [4.69, 9.17) is 15.2 Å². The van der Waals surface area contributed by atoms with Crippen LogP contribution in [0.2, 0.25) is 0 Å². The van der Waals surface area contributed by atoms with Crippen LogP contribution in [0.15, 0.2) is 24.5 Å². The second-order valence-electron chi connectivity index (χ2n) is 3.48. The summed E-state index contributed by atoms with van der Waals surface area (Å²) in [6.07, 6.45) is 3.12. The van der Waals surface area contributed by atoms with Crippen molar-refractivity contribution < 1.29 is 13.9 Å². The normalized spacial score (nSPS) is 10.3. The number of hydrogen-bond acceptors (Lipinski definition) is 4. The molecule has 0 amide bonds. The summed E-state index contributed by atoms with van der Waals surface area (Å²) in [5.41, 5.74) is 5.79. The van der Waals surface area contributed by atoms with Crippen LogP contribution < -0.4 is 15.2 Å². The fourth-order valence-electron chi connectivity index (χ4n) is 1.38. The van der Waals surface area contributed by atoms with Crippen LogP contribution in [-0.2, 0) is 7.05 Å². The van der Waals surface area contributed by atoms with Crippen molar-refractivity contribution in [3.05, 3.63) is 30.3 Å². The molecule has 0 aliphatic carbocycles. The lowest BCUT2D eigenvalue weighted by molar-refractivity contribution is 0.403. The minimum Gasteiger partial charge on any atom is -0.494 e. The molecule has 0 aliphatic rings. The quantitative estimate of drug-likeness (QED) is 0.829. The molecule has 0 radical (unpaired) electrons. The number of nitrogens with zero attached hydrogens (tertiary/aromatic N) is 2. The summed E-state index contributed by atoms with van der Waals surface area (Å²) in [5, 5.41) is 3.92. The predicted octanol–water partition coefficient (Wildman–Crippen LogP) is 1.94. The molecular formula is C11H12FN3O2. The number of methoxy groups -OCH3 is 1. The zero-order valence-corrected chi connectivity index (χ0v) is 9.48. The summed E-state index contributed by atoms with van der Waals surface area (Å²) in [5.74, 6) is 0.305. The third-order valence-corrected chi connectivity index (χ3v) is 2.19. The van der Waals surface area contributed by atoms with Gasteiger partial charge in [-0.25, -0.2) is 4.39 Å². The van der Waals surface area contributed by atoms with Crippen molar-refractivity contribution in [2.24, 2.45) is 7.05 Å². The molecular weight excluding hydrogens is 225 g/mol. The summed E-state index contributed by atoms with van der Waals surface area (Å²) < 4.78 is 25.5. The lowest BCUT2D eigenvalue weighted by Crippen LogP contribution is -1.96.